The second-order valence-electron chi connectivity index (χ2n) is 3.75. The molecule has 0 aliphatic heterocycles. The number of hydrogen-bond donors (Lipinski definition) is 3. The summed E-state index contributed by atoms with van der Waals surface area (Å²) in [6, 6.07) is 0. The van der Waals surface area contributed by atoms with E-state index in [4.69, 9.17) is 10.2 Å². The number of aliphatic hydroxyl groups is 1. The maximum absolute atomic E-state index is 11.3. The largest absolute Gasteiger partial charge is 0.481 e. The van der Waals surface area contributed by atoms with E-state index in [1.54, 1.807) is 6.92 Å². The summed E-state index contributed by atoms with van der Waals surface area (Å²) in [5, 5.41) is 20.0. The van der Waals surface area contributed by atoms with Crippen LogP contribution >= 0.6 is 0 Å². The molecule has 1 amide bonds. The fourth-order valence-corrected chi connectivity index (χ4v) is 1.19. The molecule has 0 spiro atoms. The normalized spacial score (nSPS) is 13.6. The predicted octanol–water partition coefficient (Wildman–Crippen LogP) is -0.863. The molecule has 0 aliphatic rings. The molecule has 0 fully saturated rings. The van der Waals surface area contributed by atoms with Crippen LogP contribution in [0.5, 0.6) is 0 Å². The van der Waals surface area contributed by atoms with Gasteiger partial charge in [0.25, 0.3) is 0 Å². The minimum absolute atomic E-state index is 0.0280. The summed E-state index contributed by atoms with van der Waals surface area (Å²) in [5.41, 5.74) is 0. The maximum atomic E-state index is 11.3. The first kappa shape index (κ1) is 15.4. The number of carboxylic acids is 1. The molecule has 0 saturated carbocycles. The molecular weight excluding hydrogens is 230 g/mol. The van der Waals surface area contributed by atoms with Gasteiger partial charge in [-0.2, -0.15) is 0 Å². The first-order valence-electron chi connectivity index (χ1n) is 5.11. The van der Waals surface area contributed by atoms with Crippen LogP contribution in [0.15, 0.2) is 0 Å². The lowest BCUT2D eigenvalue weighted by molar-refractivity contribution is -0.150. The van der Waals surface area contributed by atoms with E-state index < -0.39 is 23.9 Å². The lowest BCUT2D eigenvalue weighted by Gasteiger charge is -2.11. The van der Waals surface area contributed by atoms with E-state index in [0.717, 1.165) is 7.11 Å². The Hall–Kier alpha value is -1.63. The van der Waals surface area contributed by atoms with Crippen molar-refractivity contribution in [1.82, 2.24) is 5.32 Å². The van der Waals surface area contributed by atoms with Crippen LogP contribution in [0.4, 0.5) is 0 Å². The average molecular weight is 247 g/mol. The predicted molar refractivity (Wildman–Crippen MR) is 57.1 cm³/mol. The molecule has 0 aliphatic carbocycles. The van der Waals surface area contributed by atoms with Gasteiger partial charge in [0.05, 0.1) is 13.7 Å². The molecule has 2 unspecified atom stereocenters. The molecule has 0 aromatic carbocycles. The zero-order valence-corrected chi connectivity index (χ0v) is 9.80. The van der Waals surface area contributed by atoms with Gasteiger partial charge < -0.3 is 20.3 Å². The average Bonchev–Trinajstić information content (AvgIpc) is 2.23. The molecule has 0 saturated heterocycles. The van der Waals surface area contributed by atoms with Crippen LogP contribution in [0.3, 0.4) is 0 Å². The summed E-state index contributed by atoms with van der Waals surface area (Å²) < 4.78 is 4.26. The maximum Gasteiger partial charge on any atom is 0.336 e. The highest BCUT2D eigenvalue weighted by Crippen LogP contribution is 2.06. The van der Waals surface area contributed by atoms with Crippen LogP contribution in [0.2, 0.25) is 0 Å². The van der Waals surface area contributed by atoms with Gasteiger partial charge in [0.15, 0.2) is 6.10 Å². The van der Waals surface area contributed by atoms with E-state index in [0.29, 0.717) is 0 Å². The number of esters is 1. The van der Waals surface area contributed by atoms with Crippen LogP contribution in [0.25, 0.3) is 0 Å². The van der Waals surface area contributed by atoms with Gasteiger partial charge in [-0.25, -0.2) is 4.79 Å². The van der Waals surface area contributed by atoms with Gasteiger partial charge in [0.2, 0.25) is 5.91 Å². The Morgan fingerprint density at radius 1 is 1.29 bits per heavy atom. The van der Waals surface area contributed by atoms with E-state index >= 15 is 0 Å². The highest BCUT2D eigenvalue weighted by Gasteiger charge is 2.17. The van der Waals surface area contributed by atoms with Crippen molar-refractivity contribution >= 4 is 17.8 Å². The fourth-order valence-electron chi connectivity index (χ4n) is 1.19. The number of aliphatic carboxylic acids is 1. The number of methoxy groups -OCH3 is 1. The van der Waals surface area contributed by atoms with Crippen molar-refractivity contribution in [1.29, 1.82) is 0 Å². The number of hydrogen-bond acceptors (Lipinski definition) is 5. The minimum atomic E-state index is -1.40. The third-order valence-corrected chi connectivity index (χ3v) is 2.02. The standard InChI is InChI=1S/C10H17NO6/c1-6(4-9(14)15)3-8(13)11-5-7(12)10(16)17-2/h6-7,12H,3-5H2,1-2H3,(H,11,13)(H,14,15). The van der Waals surface area contributed by atoms with Gasteiger partial charge in [0, 0.05) is 12.8 Å². The lowest BCUT2D eigenvalue weighted by atomic mass is 10.0. The summed E-state index contributed by atoms with van der Waals surface area (Å²) >= 11 is 0. The van der Waals surface area contributed by atoms with Gasteiger partial charge in [-0.3, -0.25) is 9.59 Å². The number of carbonyl (C=O) groups is 3. The molecule has 0 heterocycles. The second-order valence-corrected chi connectivity index (χ2v) is 3.75. The Morgan fingerprint density at radius 3 is 2.35 bits per heavy atom. The number of nitrogens with one attached hydrogen (secondary N) is 1. The number of ether oxygens (including phenoxy) is 1. The van der Waals surface area contributed by atoms with Crippen LogP contribution in [-0.2, 0) is 19.1 Å². The Balaban J connectivity index is 3.87. The Bertz CT molecular complexity index is 291. The number of amides is 1. The number of rotatable bonds is 7. The van der Waals surface area contributed by atoms with Crippen molar-refractivity contribution in [2.24, 2.45) is 5.92 Å². The van der Waals surface area contributed by atoms with Crippen LogP contribution in [-0.4, -0.2) is 47.8 Å². The monoisotopic (exact) mass is 247 g/mol. The second kappa shape index (κ2) is 7.61. The summed E-state index contributed by atoms with van der Waals surface area (Å²) in [6.45, 7) is 1.38. The molecular formula is C10H17NO6. The highest BCUT2D eigenvalue weighted by atomic mass is 16.5. The fraction of sp³-hybridized carbons (Fsp3) is 0.700. The highest BCUT2D eigenvalue weighted by molar-refractivity contribution is 5.79. The Labute approximate surface area is 98.8 Å². The lowest BCUT2D eigenvalue weighted by Crippen LogP contribution is -2.37. The molecule has 17 heavy (non-hydrogen) atoms. The summed E-state index contributed by atoms with van der Waals surface area (Å²) in [6.07, 6.45) is -1.48. The van der Waals surface area contributed by atoms with Gasteiger partial charge in [0.1, 0.15) is 0 Å². The number of aliphatic hydroxyl groups excluding tert-OH is 1. The molecule has 7 nitrogen and oxygen atoms in total. The molecule has 0 bridgehead atoms. The Morgan fingerprint density at radius 2 is 1.88 bits per heavy atom. The number of carbonyl (C=O) groups excluding carboxylic acids is 2. The zero-order valence-electron chi connectivity index (χ0n) is 9.80. The van der Waals surface area contributed by atoms with Crippen LogP contribution in [0.1, 0.15) is 19.8 Å². The smallest absolute Gasteiger partial charge is 0.336 e. The molecule has 7 heteroatoms. The first-order chi connectivity index (χ1) is 7.86. The van der Waals surface area contributed by atoms with E-state index in [2.05, 4.69) is 10.1 Å². The van der Waals surface area contributed by atoms with Crippen molar-refractivity contribution in [2.75, 3.05) is 13.7 Å². The van der Waals surface area contributed by atoms with Crippen LogP contribution in [0, 0.1) is 5.92 Å². The topological polar surface area (TPSA) is 113 Å². The van der Waals surface area contributed by atoms with Gasteiger partial charge in [-0.1, -0.05) is 6.92 Å². The van der Waals surface area contributed by atoms with Crippen molar-refractivity contribution in [3.8, 4) is 0 Å². The van der Waals surface area contributed by atoms with Crippen molar-refractivity contribution in [3.05, 3.63) is 0 Å². The van der Waals surface area contributed by atoms with E-state index in [1.165, 1.54) is 0 Å². The molecule has 0 aromatic heterocycles. The quantitative estimate of drug-likeness (QED) is 0.504. The van der Waals surface area contributed by atoms with Gasteiger partial charge in [-0.15, -0.1) is 0 Å². The van der Waals surface area contributed by atoms with E-state index in [9.17, 15) is 14.4 Å². The zero-order chi connectivity index (χ0) is 13.4. The van der Waals surface area contributed by atoms with Gasteiger partial charge >= 0.3 is 11.9 Å². The van der Waals surface area contributed by atoms with Gasteiger partial charge in [-0.05, 0) is 5.92 Å². The molecule has 2 atom stereocenters. The SMILES string of the molecule is COC(=O)C(O)CNC(=O)CC(C)CC(=O)O. The van der Waals surface area contributed by atoms with Crippen molar-refractivity contribution < 1.29 is 29.3 Å². The van der Waals surface area contributed by atoms with E-state index in [1.807, 2.05) is 0 Å². The Kier molecular flexibility index (Phi) is 6.88. The minimum Gasteiger partial charge on any atom is -0.481 e. The third-order valence-electron chi connectivity index (χ3n) is 2.02. The summed E-state index contributed by atoms with van der Waals surface area (Å²) in [7, 11) is 1.13. The molecule has 0 rings (SSSR count). The van der Waals surface area contributed by atoms with Crippen molar-refractivity contribution in [2.45, 2.75) is 25.9 Å². The molecule has 0 radical (unpaired) electrons. The first-order valence-corrected chi connectivity index (χ1v) is 5.11. The molecule has 3 N–H and O–H groups in total. The van der Waals surface area contributed by atoms with Crippen molar-refractivity contribution in [3.63, 3.8) is 0 Å². The molecule has 0 aromatic rings. The molecule has 98 valence electrons. The summed E-state index contributed by atoms with van der Waals surface area (Å²) in [4.78, 5) is 32.4. The third kappa shape index (κ3) is 7.29. The van der Waals surface area contributed by atoms with Crippen LogP contribution < -0.4 is 5.32 Å². The summed E-state index contributed by atoms with van der Waals surface area (Å²) in [5.74, 6) is -2.52. The van der Waals surface area contributed by atoms with E-state index in [-0.39, 0.29) is 25.3 Å². The number of carboxylic acid groups (broad SMARTS) is 1.